The fourth-order valence-electron chi connectivity index (χ4n) is 2.72. The Morgan fingerprint density at radius 2 is 1.91 bits per heavy atom. The summed E-state index contributed by atoms with van der Waals surface area (Å²) in [5, 5.41) is 13.7. The molecule has 1 saturated carbocycles. The molecule has 0 aromatic heterocycles. The summed E-state index contributed by atoms with van der Waals surface area (Å²) in [4.78, 5) is 12.1. The van der Waals surface area contributed by atoms with Gasteiger partial charge in [0, 0.05) is 5.56 Å². The van der Waals surface area contributed by atoms with Crippen LogP contribution >= 0.6 is 0 Å². The van der Waals surface area contributed by atoms with Gasteiger partial charge in [-0.2, -0.15) is 0 Å². The minimum absolute atomic E-state index is 0.122. The molecule has 2 N–H and O–H groups in total. The van der Waals surface area contributed by atoms with Crippen LogP contribution in [0.5, 0.6) is 0 Å². The largest absolute Gasteiger partial charge is 0.383 e. The van der Waals surface area contributed by atoms with Crippen molar-refractivity contribution in [3.8, 4) is 0 Å². The Hall–Kier alpha value is -2.20. The maximum atomic E-state index is 13.2. The van der Waals surface area contributed by atoms with Crippen molar-refractivity contribution in [2.45, 2.75) is 18.4 Å². The van der Waals surface area contributed by atoms with Crippen LogP contribution in [0.2, 0.25) is 0 Å². The number of hydrogen-bond acceptors (Lipinski definition) is 2. The molecule has 0 aliphatic heterocycles. The summed E-state index contributed by atoms with van der Waals surface area (Å²) < 4.78 is 13.2. The monoisotopic (exact) mass is 299 g/mol. The normalized spacial score (nSPS) is 16.8. The highest BCUT2D eigenvalue weighted by molar-refractivity contribution is 5.94. The van der Waals surface area contributed by atoms with Crippen LogP contribution in [0.4, 0.5) is 4.39 Å². The number of rotatable bonds is 5. The van der Waals surface area contributed by atoms with E-state index in [0.29, 0.717) is 0 Å². The van der Waals surface area contributed by atoms with Crippen LogP contribution in [0, 0.1) is 11.7 Å². The summed E-state index contributed by atoms with van der Waals surface area (Å²) in [6.07, 6.45) is 1.89. The maximum Gasteiger partial charge on any atom is 0.251 e. The van der Waals surface area contributed by atoms with Crippen molar-refractivity contribution in [1.29, 1.82) is 0 Å². The Morgan fingerprint density at radius 3 is 2.55 bits per heavy atom. The number of benzene rings is 2. The zero-order chi connectivity index (χ0) is 15.6. The van der Waals surface area contributed by atoms with Crippen LogP contribution in [0.25, 0.3) is 0 Å². The summed E-state index contributed by atoms with van der Waals surface area (Å²) in [7, 11) is 0. The highest BCUT2D eigenvalue weighted by Gasteiger charge is 2.45. The van der Waals surface area contributed by atoms with Crippen LogP contribution in [-0.4, -0.2) is 17.6 Å². The van der Waals surface area contributed by atoms with Gasteiger partial charge in [-0.15, -0.1) is 0 Å². The minimum Gasteiger partial charge on any atom is -0.383 e. The molecule has 1 atom stereocenters. The van der Waals surface area contributed by atoms with Gasteiger partial charge in [0.1, 0.15) is 11.4 Å². The zero-order valence-electron chi connectivity index (χ0n) is 12.1. The van der Waals surface area contributed by atoms with Gasteiger partial charge in [0.25, 0.3) is 5.91 Å². The lowest BCUT2D eigenvalue weighted by Gasteiger charge is -2.29. The molecule has 2 aromatic rings. The van der Waals surface area contributed by atoms with Crippen molar-refractivity contribution in [3.63, 3.8) is 0 Å². The second kappa shape index (κ2) is 5.89. The number of hydrogen-bond donors (Lipinski definition) is 2. The molecule has 2 aromatic carbocycles. The first kappa shape index (κ1) is 14.7. The van der Waals surface area contributed by atoms with Gasteiger partial charge in [-0.05, 0) is 42.5 Å². The van der Waals surface area contributed by atoms with E-state index in [-0.39, 0.29) is 23.9 Å². The molecular formula is C18H18FNO2. The van der Waals surface area contributed by atoms with Crippen LogP contribution in [0.15, 0.2) is 54.6 Å². The number of carbonyl (C=O) groups is 1. The quantitative estimate of drug-likeness (QED) is 0.892. The van der Waals surface area contributed by atoms with Crippen molar-refractivity contribution in [3.05, 3.63) is 71.5 Å². The second-order valence-electron chi connectivity index (χ2n) is 5.76. The van der Waals surface area contributed by atoms with E-state index >= 15 is 0 Å². The van der Waals surface area contributed by atoms with Gasteiger partial charge >= 0.3 is 0 Å². The molecule has 0 heterocycles. The molecular weight excluding hydrogens is 281 g/mol. The lowest BCUT2D eigenvalue weighted by Crippen LogP contribution is -2.42. The van der Waals surface area contributed by atoms with E-state index in [1.807, 2.05) is 30.3 Å². The average Bonchev–Trinajstić information content (AvgIpc) is 3.38. The van der Waals surface area contributed by atoms with Crippen LogP contribution in [0.1, 0.15) is 28.8 Å². The molecule has 1 amide bonds. The first-order valence-electron chi connectivity index (χ1n) is 7.41. The molecule has 0 bridgehead atoms. The van der Waals surface area contributed by atoms with Crippen LogP contribution in [-0.2, 0) is 5.60 Å². The number of nitrogens with one attached hydrogen (secondary N) is 1. The molecule has 1 fully saturated rings. The third-order valence-electron chi connectivity index (χ3n) is 4.13. The van der Waals surface area contributed by atoms with Crippen LogP contribution < -0.4 is 5.32 Å². The zero-order valence-corrected chi connectivity index (χ0v) is 12.1. The second-order valence-corrected chi connectivity index (χ2v) is 5.76. The molecule has 4 heteroatoms. The number of amides is 1. The molecule has 3 rings (SSSR count). The summed E-state index contributed by atoms with van der Waals surface area (Å²) in [6, 6.07) is 14.9. The van der Waals surface area contributed by atoms with E-state index in [2.05, 4.69) is 5.32 Å². The van der Waals surface area contributed by atoms with Crippen molar-refractivity contribution < 1.29 is 14.3 Å². The molecule has 0 radical (unpaired) electrons. The predicted octanol–water partition coefficient (Wildman–Crippen LogP) is 2.85. The summed E-state index contributed by atoms with van der Waals surface area (Å²) in [6.45, 7) is 0.122. The van der Waals surface area contributed by atoms with E-state index in [4.69, 9.17) is 0 Å². The fraction of sp³-hybridized carbons (Fsp3) is 0.278. The molecule has 114 valence electrons. The van der Waals surface area contributed by atoms with Gasteiger partial charge in [0.2, 0.25) is 0 Å². The lowest BCUT2D eigenvalue weighted by molar-refractivity contribution is 0.0135. The molecule has 3 nitrogen and oxygen atoms in total. The van der Waals surface area contributed by atoms with Crippen molar-refractivity contribution >= 4 is 5.91 Å². The average molecular weight is 299 g/mol. The smallest absolute Gasteiger partial charge is 0.251 e. The van der Waals surface area contributed by atoms with Crippen molar-refractivity contribution in [2.75, 3.05) is 6.54 Å². The number of aliphatic hydroxyl groups is 1. The summed E-state index contributed by atoms with van der Waals surface area (Å²) >= 11 is 0. The molecule has 0 saturated heterocycles. The third kappa shape index (κ3) is 3.02. The van der Waals surface area contributed by atoms with Crippen LogP contribution in [0.3, 0.4) is 0 Å². The Labute approximate surface area is 128 Å². The van der Waals surface area contributed by atoms with E-state index in [1.165, 1.54) is 18.2 Å². The Kier molecular flexibility index (Phi) is 3.94. The van der Waals surface area contributed by atoms with Gasteiger partial charge in [-0.3, -0.25) is 4.79 Å². The van der Waals surface area contributed by atoms with E-state index < -0.39 is 11.4 Å². The predicted molar refractivity (Wildman–Crippen MR) is 81.8 cm³/mol. The van der Waals surface area contributed by atoms with Gasteiger partial charge in [0.05, 0.1) is 6.54 Å². The molecule has 1 unspecified atom stereocenters. The summed E-state index contributed by atoms with van der Waals surface area (Å²) in [5.74, 6) is -0.676. The van der Waals surface area contributed by atoms with Crippen molar-refractivity contribution in [2.24, 2.45) is 5.92 Å². The topological polar surface area (TPSA) is 49.3 Å². The van der Waals surface area contributed by atoms with E-state index in [1.54, 1.807) is 6.07 Å². The molecule has 1 aliphatic carbocycles. The first-order chi connectivity index (χ1) is 10.6. The van der Waals surface area contributed by atoms with Gasteiger partial charge in [-0.1, -0.05) is 36.4 Å². The van der Waals surface area contributed by atoms with Crippen molar-refractivity contribution in [1.82, 2.24) is 5.32 Å². The van der Waals surface area contributed by atoms with Gasteiger partial charge in [0.15, 0.2) is 0 Å². The SMILES string of the molecule is O=C(NCC(O)(c1ccccc1)C1CC1)c1cccc(F)c1. The molecule has 0 spiro atoms. The van der Waals surface area contributed by atoms with E-state index in [0.717, 1.165) is 18.4 Å². The number of carbonyl (C=O) groups excluding carboxylic acids is 1. The third-order valence-corrected chi connectivity index (χ3v) is 4.13. The maximum absolute atomic E-state index is 13.2. The van der Waals surface area contributed by atoms with Gasteiger partial charge < -0.3 is 10.4 Å². The van der Waals surface area contributed by atoms with Gasteiger partial charge in [-0.25, -0.2) is 4.39 Å². The van der Waals surface area contributed by atoms with E-state index in [9.17, 15) is 14.3 Å². The Bertz CT molecular complexity index is 670. The number of halogens is 1. The lowest BCUT2D eigenvalue weighted by atomic mass is 9.88. The standard InChI is InChI=1S/C18H18FNO2/c19-16-8-4-5-13(11-16)17(21)20-12-18(22,15-9-10-15)14-6-2-1-3-7-14/h1-8,11,15,22H,9-10,12H2,(H,20,21). The highest BCUT2D eigenvalue weighted by atomic mass is 19.1. The molecule has 1 aliphatic rings. The highest BCUT2D eigenvalue weighted by Crippen LogP contribution is 2.45. The summed E-state index contributed by atoms with van der Waals surface area (Å²) in [5.41, 5.74) is -0.00667. The minimum atomic E-state index is -1.07. The first-order valence-corrected chi connectivity index (χ1v) is 7.41. The molecule has 22 heavy (non-hydrogen) atoms. The fourth-order valence-corrected chi connectivity index (χ4v) is 2.72. The Balaban J connectivity index is 1.74. The Morgan fingerprint density at radius 1 is 1.18 bits per heavy atom.